The number of aromatic nitrogens is 6. The second-order valence-electron chi connectivity index (χ2n) is 6.29. The molecule has 0 unspecified atom stereocenters. The molecule has 0 aliphatic carbocycles. The fourth-order valence-electron chi connectivity index (χ4n) is 3.21. The van der Waals surface area contributed by atoms with Crippen molar-refractivity contribution in [1.29, 1.82) is 0 Å². The van der Waals surface area contributed by atoms with Gasteiger partial charge in [-0.25, -0.2) is 19.5 Å². The molecular formula is C17H22N8. The molecule has 1 saturated heterocycles. The van der Waals surface area contributed by atoms with Crippen molar-refractivity contribution in [2.45, 2.75) is 20.8 Å². The van der Waals surface area contributed by atoms with E-state index in [0.717, 1.165) is 55.6 Å². The Morgan fingerprint density at radius 3 is 2.60 bits per heavy atom. The zero-order valence-electron chi connectivity index (χ0n) is 14.8. The van der Waals surface area contributed by atoms with Crippen LogP contribution >= 0.6 is 0 Å². The SMILES string of the molecule is CCN1CCN(c2nccc(-c3cnc4nc(C)nn4c3C)n2)CC1. The average Bonchev–Trinajstić information content (AvgIpc) is 3.04. The number of likely N-dealkylation sites (N-methyl/N-ethyl adjacent to an activating group) is 1. The lowest BCUT2D eigenvalue weighted by Gasteiger charge is -2.34. The first-order valence-electron chi connectivity index (χ1n) is 8.65. The van der Waals surface area contributed by atoms with Crippen molar-refractivity contribution >= 4 is 11.7 Å². The molecular weight excluding hydrogens is 316 g/mol. The fraction of sp³-hybridized carbons (Fsp3) is 0.471. The van der Waals surface area contributed by atoms with E-state index in [-0.39, 0.29) is 0 Å². The lowest BCUT2D eigenvalue weighted by Crippen LogP contribution is -2.46. The van der Waals surface area contributed by atoms with Gasteiger partial charge in [0.1, 0.15) is 5.82 Å². The topological polar surface area (TPSA) is 75.3 Å². The number of aryl methyl sites for hydroxylation is 2. The number of fused-ring (bicyclic) bond motifs is 1. The summed E-state index contributed by atoms with van der Waals surface area (Å²) < 4.78 is 1.77. The Bertz CT molecular complexity index is 895. The van der Waals surface area contributed by atoms with Gasteiger partial charge in [0.15, 0.2) is 0 Å². The van der Waals surface area contributed by atoms with Crippen molar-refractivity contribution in [2.75, 3.05) is 37.6 Å². The molecule has 130 valence electrons. The van der Waals surface area contributed by atoms with Crippen molar-refractivity contribution in [3.05, 3.63) is 30.0 Å². The molecule has 0 atom stereocenters. The van der Waals surface area contributed by atoms with E-state index >= 15 is 0 Å². The molecule has 8 heteroatoms. The lowest BCUT2D eigenvalue weighted by molar-refractivity contribution is 0.270. The van der Waals surface area contributed by atoms with Gasteiger partial charge in [0.25, 0.3) is 5.78 Å². The Morgan fingerprint density at radius 1 is 1.04 bits per heavy atom. The minimum absolute atomic E-state index is 0.615. The summed E-state index contributed by atoms with van der Waals surface area (Å²) in [6.45, 7) is 11.2. The van der Waals surface area contributed by atoms with E-state index in [9.17, 15) is 0 Å². The molecule has 3 aromatic heterocycles. The Morgan fingerprint density at radius 2 is 1.84 bits per heavy atom. The van der Waals surface area contributed by atoms with E-state index in [4.69, 9.17) is 4.98 Å². The highest BCUT2D eigenvalue weighted by atomic mass is 15.3. The van der Waals surface area contributed by atoms with Crippen LogP contribution < -0.4 is 4.90 Å². The van der Waals surface area contributed by atoms with Crippen molar-refractivity contribution in [3.63, 3.8) is 0 Å². The molecule has 3 aromatic rings. The molecule has 0 radical (unpaired) electrons. The van der Waals surface area contributed by atoms with Gasteiger partial charge in [0.05, 0.1) is 11.4 Å². The Balaban J connectivity index is 1.67. The van der Waals surface area contributed by atoms with Gasteiger partial charge in [-0.3, -0.25) is 0 Å². The zero-order valence-corrected chi connectivity index (χ0v) is 14.8. The number of hydrogen-bond acceptors (Lipinski definition) is 7. The molecule has 0 spiro atoms. The van der Waals surface area contributed by atoms with Crippen LogP contribution in [0.5, 0.6) is 0 Å². The summed E-state index contributed by atoms with van der Waals surface area (Å²) in [5, 5.41) is 4.41. The first kappa shape index (κ1) is 15.9. The number of piperazine rings is 1. The monoisotopic (exact) mass is 338 g/mol. The maximum Gasteiger partial charge on any atom is 0.252 e. The molecule has 0 bridgehead atoms. The van der Waals surface area contributed by atoms with Crippen molar-refractivity contribution in [2.24, 2.45) is 0 Å². The molecule has 0 saturated carbocycles. The second-order valence-corrected chi connectivity index (χ2v) is 6.29. The second kappa shape index (κ2) is 6.36. The quantitative estimate of drug-likeness (QED) is 0.713. The normalized spacial score (nSPS) is 15.9. The minimum Gasteiger partial charge on any atom is -0.338 e. The molecule has 0 amide bonds. The summed E-state index contributed by atoms with van der Waals surface area (Å²) >= 11 is 0. The number of rotatable bonds is 3. The van der Waals surface area contributed by atoms with Crippen LogP contribution in [0.2, 0.25) is 0 Å². The fourth-order valence-corrected chi connectivity index (χ4v) is 3.21. The highest BCUT2D eigenvalue weighted by molar-refractivity contribution is 5.63. The highest BCUT2D eigenvalue weighted by Gasteiger charge is 2.19. The van der Waals surface area contributed by atoms with Crippen LogP contribution in [0.4, 0.5) is 5.95 Å². The van der Waals surface area contributed by atoms with Gasteiger partial charge < -0.3 is 9.80 Å². The molecule has 0 N–H and O–H groups in total. The summed E-state index contributed by atoms with van der Waals surface area (Å²) in [6.07, 6.45) is 3.64. The van der Waals surface area contributed by atoms with Gasteiger partial charge in [0.2, 0.25) is 5.95 Å². The third kappa shape index (κ3) is 2.93. The number of hydrogen-bond donors (Lipinski definition) is 0. The van der Waals surface area contributed by atoms with Gasteiger partial charge in [-0.2, -0.15) is 10.1 Å². The van der Waals surface area contributed by atoms with Crippen LogP contribution in [0.3, 0.4) is 0 Å². The molecule has 4 heterocycles. The van der Waals surface area contributed by atoms with E-state index < -0.39 is 0 Å². The highest BCUT2D eigenvalue weighted by Crippen LogP contribution is 2.22. The van der Waals surface area contributed by atoms with Crippen molar-refractivity contribution in [1.82, 2.24) is 34.4 Å². The maximum absolute atomic E-state index is 4.79. The van der Waals surface area contributed by atoms with Gasteiger partial charge in [-0.15, -0.1) is 0 Å². The average molecular weight is 338 g/mol. The van der Waals surface area contributed by atoms with E-state index in [0.29, 0.717) is 11.6 Å². The molecule has 4 rings (SSSR count). The first-order valence-corrected chi connectivity index (χ1v) is 8.65. The first-order chi connectivity index (χ1) is 12.2. The van der Waals surface area contributed by atoms with Crippen LogP contribution in [0.1, 0.15) is 18.4 Å². The van der Waals surface area contributed by atoms with Crippen LogP contribution in [0.15, 0.2) is 18.5 Å². The predicted octanol–water partition coefficient (Wildman–Crippen LogP) is 1.34. The van der Waals surface area contributed by atoms with Crippen molar-refractivity contribution in [3.8, 4) is 11.3 Å². The summed E-state index contributed by atoms with van der Waals surface area (Å²) in [5.41, 5.74) is 2.79. The van der Waals surface area contributed by atoms with Crippen LogP contribution in [-0.4, -0.2) is 67.2 Å². The van der Waals surface area contributed by atoms with E-state index in [1.165, 1.54) is 0 Å². The minimum atomic E-state index is 0.615. The maximum atomic E-state index is 4.79. The number of nitrogens with zero attached hydrogens (tertiary/aromatic N) is 8. The van der Waals surface area contributed by atoms with Crippen molar-refractivity contribution < 1.29 is 0 Å². The van der Waals surface area contributed by atoms with E-state index in [1.807, 2.05) is 32.3 Å². The summed E-state index contributed by atoms with van der Waals surface area (Å²) in [7, 11) is 0. The van der Waals surface area contributed by atoms with E-state index in [1.54, 1.807) is 4.52 Å². The Kier molecular flexibility index (Phi) is 4.04. The van der Waals surface area contributed by atoms with Gasteiger partial charge in [0, 0.05) is 44.1 Å². The van der Waals surface area contributed by atoms with Crippen LogP contribution in [0.25, 0.3) is 17.0 Å². The molecule has 8 nitrogen and oxygen atoms in total. The molecule has 1 aliphatic rings. The summed E-state index contributed by atoms with van der Waals surface area (Å²) in [5.74, 6) is 2.11. The largest absolute Gasteiger partial charge is 0.338 e. The van der Waals surface area contributed by atoms with Crippen LogP contribution in [-0.2, 0) is 0 Å². The van der Waals surface area contributed by atoms with E-state index in [2.05, 4.69) is 36.8 Å². The molecule has 1 aliphatic heterocycles. The Labute approximate surface area is 146 Å². The summed E-state index contributed by atoms with van der Waals surface area (Å²) in [4.78, 5) is 22.7. The molecule has 0 aromatic carbocycles. The van der Waals surface area contributed by atoms with Gasteiger partial charge in [-0.1, -0.05) is 6.92 Å². The van der Waals surface area contributed by atoms with Crippen LogP contribution in [0, 0.1) is 13.8 Å². The number of anilines is 1. The third-order valence-corrected chi connectivity index (χ3v) is 4.73. The molecule has 1 fully saturated rings. The van der Waals surface area contributed by atoms with Gasteiger partial charge in [-0.05, 0) is 26.5 Å². The zero-order chi connectivity index (χ0) is 17.4. The molecule has 25 heavy (non-hydrogen) atoms. The summed E-state index contributed by atoms with van der Waals surface area (Å²) in [6, 6.07) is 1.92. The Hall–Kier alpha value is -2.61. The smallest absolute Gasteiger partial charge is 0.252 e. The third-order valence-electron chi connectivity index (χ3n) is 4.73. The lowest BCUT2D eigenvalue weighted by atomic mass is 10.2. The van der Waals surface area contributed by atoms with Gasteiger partial charge >= 0.3 is 0 Å². The standard InChI is InChI=1S/C17H22N8/c1-4-23-7-9-24(10-8-23)16-18-6-5-15(21-16)14-11-19-17-20-13(3)22-25(17)12(14)2/h5-6,11H,4,7-10H2,1-3H3. The predicted molar refractivity (Wildman–Crippen MR) is 95.6 cm³/mol.